The summed E-state index contributed by atoms with van der Waals surface area (Å²) in [5.41, 5.74) is -0.0155. The van der Waals surface area contributed by atoms with Crippen molar-refractivity contribution in [1.82, 2.24) is 0 Å². The third-order valence-electron chi connectivity index (χ3n) is 2.94. The molecule has 20 heavy (non-hydrogen) atoms. The lowest BCUT2D eigenvalue weighted by Gasteiger charge is -2.05. The van der Waals surface area contributed by atoms with Gasteiger partial charge in [-0.15, -0.1) is 0 Å². The fraction of sp³-hybridized carbons (Fsp3) is 0. The summed E-state index contributed by atoms with van der Waals surface area (Å²) in [4.78, 5) is 12.5. The van der Waals surface area contributed by atoms with Gasteiger partial charge >= 0.3 is 0 Å². The fourth-order valence-corrected chi connectivity index (χ4v) is 1.99. The number of hydrogen-bond acceptors (Lipinski definition) is 5. The van der Waals surface area contributed by atoms with E-state index in [0.717, 1.165) is 12.3 Å². The molecule has 1 aromatic heterocycles. The van der Waals surface area contributed by atoms with Gasteiger partial charge in [0.05, 0.1) is 6.93 Å². The zero-order chi connectivity index (χ0) is 15.1. The third kappa shape index (κ3) is 1.85. The minimum absolute atomic E-state index is 0.0603. The van der Waals surface area contributed by atoms with E-state index in [1.807, 2.05) is 0 Å². The number of benzene rings is 2. The van der Waals surface area contributed by atoms with Gasteiger partial charge in [-0.2, -0.15) is 0 Å². The van der Waals surface area contributed by atoms with E-state index >= 15 is 0 Å². The molecule has 3 aromatic rings. The molecule has 0 saturated carbocycles. The summed E-state index contributed by atoms with van der Waals surface area (Å²) in [6.45, 7) is 0. The monoisotopic (exact) mass is 271 g/mol. The Kier molecular flexibility index (Phi) is 2.35. The molecule has 0 fully saturated rings. The van der Waals surface area contributed by atoms with Crippen LogP contribution in [0.15, 0.2) is 51.8 Å². The molecule has 0 bridgehead atoms. The quantitative estimate of drug-likeness (QED) is 0.632. The molecular formula is C15H10O5. The summed E-state index contributed by atoms with van der Waals surface area (Å²) >= 11 is 0. The molecule has 0 saturated heterocycles. The van der Waals surface area contributed by atoms with E-state index in [4.69, 9.17) is 5.79 Å². The van der Waals surface area contributed by atoms with E-state index in [-0.39, 0.29) is 28.3 Å². The van der Waals surface area contributed by atoms with Crippen molar-refractivity contribution in [2.75, 3.05) is 0 Å². The van der Waals surface area contributed by atoms with Gasteiger partial charge in [-0.3, -0.25) is 4.79 Å². The second kappa shape index (κ2) is 4.31. The first-order chi connectivity index (χ1) is 9.99. The van der Waals surface area contributed by atoms with Gasteiger partial charge in [-0.25, -0.2) is 0 Å². The van der Waals surface area contributed by atoms with Crippen LogP contribution in [0.1, 0.15) is 1.37 Å². The maximum absolute atomic E-state index is 12.5. The molecule has 0 aliphatic carbocycles. The molecule has 3 N–H and O–H groups in total. The molecule has 0 spiro atoms. The van der Waals surface area contributed by atoms with Crippen LogP contribution in [0.5, 0.6) is 17.2 Å². The van der Waals surface area contributed by atoms with E-state index in [2.05, 4.69) is 0 Å². The van der Waals surface area contributed by atoms with Crippen LogP contribution in [0.3, 0.4) is 0 Å². The Morgan fingerprint density at radius 2 is 1.75 bits per heavy atom. The van der Waals surface area contributed by atoms with Crippen molar-refractivity contribution in [2.24, 2.45) is 0 Å². The highest BCUT2D eigenvalue weighted by molar-refractivity contribution is 5.87. The van der Waals surface area contributed by atoms with Gasteiger partial charge in [0.2, 0.25) is 5.43 Å². The average Bonchev–Trinajstić information content (AvgIpc) is 2.45. The lowest BCUT2D eigenvalue weighted by atomic mass is 10.0. The van der Waals surface area contributed by atoms with E-state index in [0.29, 0.717) is 5.56 Å². The molecule has 0 atom stereocenters. The Morgan fingerprint density at radius 1 is 1.05 bits per heavy atom. The van der Waals surface area contributed by atoms with E-state index < -0.39 is 16.9 Å². The third-order valence-corrected chi connectivity index (χ3v) is 2.94. The van der Waals surface area contributed by atoms with Crippen molar-refractivity contribution in [3.8, 4) is 28.4 Å². The molecule has 0 aliphatic rings. The number of fused-ring (bicyclic) bond motifs is 1. The summed E-state index contributed by atoms with van der Waals surface area (Å²) in [7, 11) is 0. The van der Waals surface area contributed by atoms with Crippen LogP contribution in [0.2, 0.25) is 0 Å². The lowest BCUT2D eigenvalue weighted by Crippen LogP contribution is -2.04. The van der Waals surface area contributed by atoms with Gasteiger partial charge in [0, 0.05) is 12.1 Å². The number of aromatic hydroxyl groups is 3. The van der Waals surface area contributed by atoms with Gasteiger partial charge in [-0.05, 0) is 17.7 Å². The number of phenolic OH excluding ortho intramolecular Hbond substituents is 3. The number of hydrogen-bond donors (Lipinski definition) is 3. The van der Waals surface area contributed by atoms with Gasteiger partial charge < -0.3 is 19.7 Å². The highest BCUT2D eigenvalue weighted by atomic mass is 16.3. The molecule has 5 heteroatoms. The zero-order valence-corrected chi connectivity index (χ0v) is 10.1. The maximum Gasteiger partial charge on any atom is 0.204 e. The smallest absolute Gasteiger partial charge is 0.204 e. The number of phenols is 3. The Morgan fingerprint density at radius 3 is 2.45 bits per heavy atom. The van der Waals surface area contributed by atoms with Gasteiger partial charge in [0.25, 0.3) is 0 Å². The Hall–Kier alpha value is -2.95. The van der Waals surface area contributed by atoms with Crippen molar-refractivity contribution in [3.05, 3.63) is 52.9 Å². The molecule has 3 rings (SSSR count). The summed E-state index contributed by atoms with van der Waals surface area (Å²) in [5.74, 6) is -0.862. The van der Waals surface area contributed by atoms with Crippen molar-refractivity contribution >= 4 is 11.0 Å². The van der Waals surface area contributed by atoms with Crippen molar-refractivity contribution in [3.63, 3.8) is 0 Å². The summed E-state index contributed by atoms with van der Waals surface area (Å²) in [6, 6.07) is 6.48. The van der Waals surface area contributed by atoms with Gasteiger partial charge in [0.1, 0.15) is 34.5 Å². The van der Waals surface area contributed by atoms with Crippen molar-refractivity contribution in [2.45, 2.75) is 0 Å². The lowest BCUT2D eigenvalue weighted by molar-refractivity contribution is 0.452. The topological polar surface area (TPSA) is 90.9 Å². The van der Waals surface area contributed by atoms with Crippen LogP contribution in [0.25, 0.3) is 22.1 Å². The SMILES string of the molecule is [2H]c1c(O)cc(O)c2c(=O)c(-c3ccc(O)cc3)coc12. The minimum atomic E-state index is -0.520. The Bertz CT molecular complexity index is 897. The second-order valence-electron chi connectivity index (χ2n) is 4.27. The molecule has 100 valence electrons. The minimum Gasteiger partial charge on any atom is -0.508 e. The molecule has 0 unspecified atom stereocenters. The highest BCUT2D eigenvalue weighted by Crippen LogP contribution is 2.29. The molecular weight excluding hydrogens is 260 g/mol. The molecule has 1 heterocycles. The predicted octanol–water partition coefficient (Wildman–Crippen LogP) is 2.58. The van der Waals surface area contributed by atoms with Crippen LogP contribution >= 0.6 is 0 Å². The first kappa shape index (κ1) is 10.9. The summed E-state index contributed by atoms with van der Waals surface area (Å²) < 4.78 is 12.9. The Labute approximate surface area is 114 Å². The van der Waals surface area contributed by atoms with Crippen LogP contribution in [-0.4, -0.2) is 15.3 Å². The molecule has 0 radical (unpaired) electrons. The van der Waals surface area contributed by atoms with Crippen molar-refractivity contribution in [1.29, 1.82) is 0 Å². The zero-order valence-electron chi connectivity index (χ0n) is 11.1. The molecule has 0 amide bonds. The normalized spacial score (nSPS) is 11.5. The molecule has 2 aromatic carbocycles. The molecule has 0 aliphatic heterocycles. The first-order valence-electron chi connectivity index (χ1n) is 6.25. The largest absolute Gasteiger partial charge is 0.508 e. The van der Waals surface area contributed by atoms with Gasteiger partial charge in [-0.1, -0.05) is 12.1 Å². The second-order valence-corrected chi connectivity index (χ2v) is 4.27. The first-order valence-corrected chi connectivity index (χ1v) is 5.75. The van der Waals surface area contributed by atoms with E-state index in [1.165, 1.54) is 24.3 Å². The van der Waals surface area contributed by atoms with Crippen LogP contribution in [-0.2, 0) is 0 Å². The highest BCUT2D eigenvalue weighted by Gasteiger charge is 2.13. The number of rotatable bonds is 1. The summed E-state index contributed by atoms with van der Waals surface area (Å²) in [5, 5.41) is 28.4. The van der Waals surface area contributed by atoms with E-state index in [1.54, 1.807) is 0 Å². The van der Waals surface area contributed by atoms with Crippen LogP contribution < -0.4 is 5.43 Å². The molecule has 5 nitrogen and oxygen atoms in total. The van der Waals surface area contributed by atoms with Gasteiger partial charge in [0.15, 0.2) is 0 Å². The average molecular weight is 271 g/mol. The van der Waals surface area contributed by atoms with Crippen molar-refractivity contribution < 1.29 is 21.1 Å². The van der Waals surface area contributed by atoms with Crippen LogP contribution in [0, 0.1) is 0 Å². The van der Waals surface area contributed by atoms with Crippen LogP contribution in [0.4, 0.5) is 0 Å². The summed E-state index contributed by atoms with van der Waals surface area (Å²) in [6.07, 6.45) is 1.16. The van der Waals surface area contributed by atoms with E-state index in [9.17, 15) is 20.1 Å². The predicted molar refractivity (Wildman–Crippen MR) is 72.9 cm³/mol. The fourth-order valence-electron chi connectivity index (χ4n) is 1.99. The standard InChI is InChI=1S/C15H10O5/c16-9-3-1-8(2-4-9)11-7-20-13-6-10(17)5-12(18)14(13)15(11)19/h1-7,16-18H/i6D. The maximum atomic E-state index is 12.5. The Balaban J connectivity index is 2.36.